The summed E-state index contributed by atoms with van der Waals surface area (Å²) in [6, 6.07) is 6.72. The molecule has 0 radical (unpaired) electrons. The number of nitrogens with zero attached hydrogens (tertiary/aromatic N) is 1. The highest BCUT2D eigenvalue weighted by atomic mass is 19.1. The maximum atomic E-state index is 13.6. The fourth-order valence-corrected chi connectivity index (χ4v) is 2.13. The molecule has 0 bridgehead atoms. The smallest absolute Gasteiger partial charge is 0.146 e. The van der Waals surface area contributed by atoms with Crippen LogP contribution in [0.4, 0.5) is 10.1 Å². The van der Waals surface area contributed by atoms with Crippen molar-refractivity contribution in [1.82, 2.24) is 0 Å². The number of rotatable bonds is 1. The van der Waals surface area contributed by atoms with E-state index in [1.807, 2.05) is 24.8 Å². The number of hydrogen-bond acceptors (Lipinski definition) is 2. The Morgan fingerprint density at radius 3 is 2.62 bits per heavy atom. The molecule has 0 saturated carbocycles. The topological polar surface area (TPSA) is 20.3 Å². The van der Waals surface area contributed by atoms with E-state index in [2.05, 4.69) is 0 Å². The van der Waals surface area contributed by atoms with Crippen LogP contribution in [0.5, 0.6) is 0 Å². The van der Waals surface area contributed by atoms with Gasteiger partial charge in [-0.25, -0.2) is 4.39 Å². The summed E-state index contributed by atoms with van der Waals surface area (Å²) in [7, 11) is 0. The zero-order valence-corrected chi connectivity index (χ0v) is 9.66. The Bertz CT molecular complexity index is 414. The Labute approximate surface area is 95.1 Å². The lowest BCUT2D eigenvalue weighted by molar-refractivity contribution is -0.127. The summed E-state index contributed by atoms with van der Waals surface area (Å²) in [5, 5.41) is 0. The minimum Gasteiger partial charge on any atom is -0.368 e. The van der Waals surface area contributed by atoms with Gasteiger partial charge < -0.3 is 4.90 Å². The summed E-state index contributed by atoms with van der Waals surface area (Å²) in [4.78, 5) is 13.6. The van der Waals surface area contributed by atoms with Gasteiger partial charge >= 0.3 is 0 Å². The molecule has 1 aliphatic rings. The first-order chi connectivity index (χ1) is 7.50. The molecular formula is C13H16FNO. The lowest BCUT2D eigenvalue weighted by Gasteiger charge is -2.38. The molecule has 1 aromatic rings. The number of carbonyl (C=O) groups excluding carboxylic acids is 1. The minimum atomic E-state index is -0.374. The quantitative estimate of drug-likeness (QED) is 0.726. The predicted octanol–water partition coefficient (Wildman–Crippen LogP) is 2.63. The number of carbonyl (C=O) groups is 1. The molecule has 0 amide bonds. The van der Waals surface area contributed by atoms with Crippen molar-refractivity contribution in [3.8, 4) is 0 Å². The Kier molecular flexibility index (Phi) is 2.70. The van der Waals surface area contributed by atoms with Crippen LogP contribution in [0.2, 0.25) is 0 Å². The number of anilines is 1. The molecule has 0 atom stereocenters. The number of ketones is 1. The first-order valence-corrected chi connectivity index (χ1v) is 5.53. The van der Waals surface area contributed by atoms with E-state index in [-0.39, 0.29) is 17.0 Å². The van der Waals surface area contributed by atoms with E-state index in [4.69, 9.17) is 0 Å². The fraction of sp³-hybridized carbons (Fsp3) is 0.462. The van der Waals surface area contributed by atoms with Crippen LogP contribution in [0.1, 0.15) is 20.3 Å². The van der Waals surface area contributed by atoms with Gasteiger partial charge in [-0.15, -0.1) is 0 Å². The van der Waals surface area contributed by atoms with E-state index in [0.717, 1.165) is 0 Å². The largest absolute Gasteiger partial charge is 0.368 e. The van der Waals surface area contributed by atoms with Crippen molar-refractivity contribution in [3.63, 3.8) is 0 Å². The molecule has 1 fully saturated rings. The number of para-hydroxylation sites is 1. The number of halogens is 1. The van der Waals surface area contributed by atoms with Gasteiger partial charge in [-0.05, 0) is 12.1 Å². The number of benzene rings is 1. The van der Waals surface area contributed by atoms with Gasteiger partial charge in [-0.2, -0.15) is 0 Å². The Hall–Kier alpha value is -1.38. The second-order valence-corrected chi connectivity index (χ2v) is 4.93. The van der Waals surface area contributed by atoms with E-state index in [9.17, 15) is 9.18 Å². The van der Waals surface area contributed by atoms with Crippen LogP contribution in [0.3, 0.4) is 0 Å². The Balaban J connectivity index is 2.25. The van der Waals surface area contributed by atoms with Crippen LogP contribution in [0.15, 0.2) is 24.3 Å². The molecule has 1 heterocycles. The predicted molar refractivity (Wildman–Crippen MR) is 62.0 cm³/mol. The van der Waals surface area contributed by atoms with Crippen LogP contribution in [-0.4, -0.2) is 18.9 Å². The summed E-state index contributed by atoms with van der Waals surface area (Å²) < 4.78 is 13.6. The fourth-order valence-electron chi connectivity index (χ4n) is 2.13. The van der Waals surface area contributed by atoms with Crippen LogP contribution in [-0.2, 0) is 4.79 Å². The maximum Gasteiger partial charge on any atom is 0.146 e. The van der Waals surface area contributed by atoms with Crippen LogP contribution < -0.4 is 4.90 Å². The van der Waals surface area contributed by atoms with E-state index < -0.39 is 0 Å². The van der Waals surface area contributed by atoms with E-state index >= 15 is 0 Å². The first-order valence-electron chi connectivity index (χ1n) is 5.53. The van der Waals surface area contributed by atoms with Crippen LogP contribution in [0, 0.1) is 11.2 Å². The van der Waals surface area contributed by atoms with Gasteiger partial charge in [0.1, 0.15) is 11.6 Å². The second-order valence-electron chi connectivity index (χ2n) is 4.93. The van der Waals surface area contributed by atoms with Crippen molar-refractivity contribution < 1.29 is 9.18 Å². The van der Waals surface area contributed by atoms with Gasteiger partial charge in [0.05, 0.1) is 5.69 Å². The molecule has 0 aromatic heterocycles. The molecule has 0 spiro atoms. The molecule has 1 saturated heterocycles. The highest BCUT2D eigenvalue weighted by Gasteiger charge is 2.34. The summed E-state index contributed by atoms with van der Waals surface area (Å²) in [6.45, 7) is 5.04. The van der Waals surface area contributed by atoms with Crippen molar-refractivity contribution in [1.29, 1.82) is 0 Å². The summed E-state index contributed by atoms with van der Waals surface area (Å²) in [5.74, 6) is 0.0488. The van der Waals surface area contributed by atoms with Crippen molar-refractivity contribution in [2.75, 3.05) is 18.0 Å². The average molecular weight is 221 g/mol. The lowest BCUT2D eigenvalue weighted by atomic mass is 9.82. The molecule has 86 valence electrons. The van der Waals surface area contributed by atoms with Gasteiger partial charge in [0, 0.05) is 24.9 Å². The summed E-state index contributed by atoms with van der Waals surface area (Å²) in [6.07, 6.45) is 0.501. The van der Waals surface area contributed by atoms with Crippen LogP contribution in [0.25, 0.3) is 0 Å². The minimum absolute atomic E-state index is 0.215. The lowest BCUT2D eigenvalue weighted by Crippen LogP contribution is -2.46. The first kappa shape index (κ1) is 11.1. The SMILES string of the molecule is CC1(C)CN(c2ccccc2F)CCC1=O. The molecule has 1 aliphatic heterocycles. The maximum absolute atomic E-state index is 13.6. The molecule has 16 heavy (non-hydrogen) atoms. The van der Waals surface area contributed by atoms with Crippen LogP contribution >= 0.6 is 0 Å². The zero-order valence-electron chi connectivity index (χ0n) is 9.66. The molecule has 0 aliphatic carbocycles. The number of hydrogen-bond donors (Lipinski definition) is 0. The Morgan fingerprint density at radius 1 is 1.31 bits per heavy atom. The molecule has 0 unspecified atom stereocenters. The Morgan fingerprint density at radius 2 is 2.00 bits per heavy atom. The van der Waals surface area contributed by atoms with Gasteiger partial charge in [-0.1, -0.05) is 26.0 Å². The molecule has 3 heteroatoms. The number of Topliss-reactive ketones (excluding diaryl/α,β-unsaturated/α-hetero) is 1. The highest BCUT2D eigenvalue weighted by molar-refractivity contribution is 5.86. The van der Waals surface area contributed by atoms with Crippen molar-refractivity contribution in [2.45, 2.75) is 20.3 Å². The molecule has 1 aromatic carbocycles. The van der Waals surface area contributed by atoms with Gasteiger partial charge in [0.2, 0.25) is 0 Å². The highest BCUT2D eigenvalue weighted by Crippen LogP contribution is 2.30. The molecular weight excluding hydrogens is 205 g/mol. The van der Waals surface area contributed by atoms with Gasteiger partial charge in [0.15, 0.2) is 0 Å². The van der Waals surface area contributed by atoms with Gasteiger partial charge in [-0.3, -0.25) is 4.79 Å². The van der Waals surface area contributed by atoms with E-state index in [1.165, 1.54) is 6.07 Å². The average Bonchev–Trinajstić information content (AvgIpc) is 2.23. The second kappa shape index (κ2) is 3.89. The molecule has 0 N–H and O–H groups in total. The van der Waals surface area contributed by atoms with Crippen molar-refractivity contribution in [2.24, 2.45) is 5.41 Å². The number of piperidine rings is 1. The zero-order chi connectivity index (χ0) is 11.8. The monoisotopic (exact) mass is 221 g/mol. The van der Waals surface area contributed by atoms with Crippen molar-refractivity contribution in [3.05, 3.63) is 30.1 Å². The van der Waals surface area contributed by atoms with Crippen molar-refractivity contribution >= 4 is 11.5 Å². The van der Waals surface area contributed by atoms with E-state index in [0.29, 0.717) is 25.2 Å². The third-order valence-corrected chi connectivity index (χ3v) is 3.14. The molecule has 2 nitrogen and oxygen atoms in total. The third kappa shape index (κ3) is 1.94. The normalized spacial score (nSPS) is 19.9. The standard InChI is InChI=1S/C13H16FNO/c1-13(2)9-15(8-7-12(13)16)11-6-4-3-5-10(11)14/h3-6H,7-9H2,1-2H3. The summed E-state index contributed by atoms with van der Waals surface area (Å²) in [5.41, 5.74) is 0.226. The third-order valence-electron chi connectivity index (χ3n) is 3.14. The van der Waals surface area contributed by atoms with E-state index in [1.54, 1.807) is 12.1 Å². The summed E-state index contributed by atoms with van der Waals surface area (Å²) >= 11 is 0. The molecule has 2 rings (SSSR count). The van der Waals surface area contributed by atoms with Gasteiger partial charge in [0.25, 0.3) is 0 Å².